The molecule has 5 heteroatoms. The molecular weight excluding hydrogens is 362 g/mol. The zero-order valence-corrected chi connectivity index (χ0v) is 16.8. The highest BCUT2D eigenvalue weighted by atomic mass is 16.6. The van der Waals surface area contributed by atoms with E-state index in [1.165, 1.54) is 11.1 Å². The molecule has 1 unspecified atom stereocenters. The van der Waals surface area contributed by atoms with Crippen LogP contribution in [0.3, 0.4) is 0 Å². The largest absolute Gasteiger partial charge is 0.441 e. The van der Waals surface area contributed by atoms with E-state index in [9.17, 15) is 4.79 Å². The van der Waals surface area contributed by atoms with Crippen molar-refractivity contribution in [3.8, 4) is 0 Å². The van der Waals surface area contributed by atoms with Gasteiger partial charge in [0.05, 0.1) is 6.04 Å². The minimum Gasteiger partial charge on any atom is -0.441 e. The Hall–Kier alpha value is -3.08. The highest BCUT2D eigenvalue weighted by molar-refractivity contribution is 5.80. The molecule has 5 rings (SSSR count). The van der Waals surface area contributed by atoms with Gasteiger partial charge in [0.15, 0.2) is 0 Å². The molecule has 1 amide bonds. The topological polar surface area (TPSA) is 58.2 Å². The average Bonchev–Trinajstić information content (AvgIpc) is 3.29. The summed E-state index contributed by atoms with van der Waals surface area (Å²) < 4.78 is 5.79. The highest BCUT2D eigenvalue weighted by Crippen LogP contribution is 2.44. The molecule has 0 saturated carbocycles. The number of ether oxygens (including phenoxy) is 1. The van der Waals surface area contributed by atoms with Crippen molar-refractivity contribution in [3.05, 3.63) is 72.1 Å². The Bertz CT molecular complexity index is 1080. The fraction of sp³-hybridized carbons (Fsp3) is 0.333. The molecule has 5 nitrogen and oxygen atoms in total. The Labute approximate surface area is 170 Å². The number of pyridine rings is 1. The number of H-pyrrole nitrogens is 1. The fourth-order valence-electron chi connectivity index (χ4n) is 4.78. The Morgan fingerprint density at radius 3 is 2.79 bits per heavy atom. The summed E-state index contributed by atoms with van der Waals surface area (Å²) in [5.41, 5.74) is 3.96. The monoisotopic (exact) mass is 387 g/mol. The van der Waals surface area contributed by atoms with Gasteiger partial charge in [0.1, 0.15) is 11.2 Å². The van der Waals surface area contributed by atoms with Crippen LogP contribution in [-0.4, -0.2) is 32.6 Å². The van der Waals surface area contributed by atoms with E-state index >= 15 is 0 Å². The second-order valence-electron chi connectivity index (χ2n) is 8.49. The van der Waals surface area contributed by atoms with E-state index in [1.807, 2.05) is 55.4 Å². The molecular formula is C24H25N3O2. The van der Waals surface area contributed by atoms with Crippen LogP contribution in [0.5, 0.6) is 0 Å². The van der Waals surface area contributed by atoms with Crippen molar-refractivity contribution < 1.29 is 9.53 Å². The number of nitrogens with zero attached hydrogens (tertiary/aromatic N) is 2. The molecule has 0 bridgehead atoms. The Balaban J connectivity index is 1.42. The van der Waals surface area contributed by atoms with Crippen LogP contribution in [-0.2, 0) is 4.74 Å². The van der Waals surface area contributed by atoms with Crippen LogP contribution in [0, 0.1) is 0 Å². The van der Waals surface area contributed by atoms with E-state index in [0.29, 0.717) is 0 Å². The predicted molar refractivity (Wildman–Crippen MR) is 113 cm³/mol. The summed E-state index contributed by atoms with van der Waals surface area (Å²) in [5, 5.41) is 1.12. The van der Waals surface area contributed by atoms with E-state index in [0.717, 1.165) is 35.9 Å². The second-order valence-corrected chi connectivity index (χ2v) is 8.49. The maximum atomic E-state index is 12.8. The van der Waals surface area contributed by atoms with Crippen LogP contribution in [0.25, 0.3) is 16.6 Å². The molecule has 29 heavy (non-hydrogen) atoms. The molecule has 1 aromatic carbocycles. The van der Waals surface area contributed by atoms with E-state index in [4.69, 9.17) is 4.74 Å². The summed E-state index contributed by atoms with van der Waals surface area (Å²) in [6.45, 7) is 4.01. The number of hydrogen-bond donors (Lipinski definition) is 1. The van der Waals surface area contributed by atoms with Crippen molar-refractivity contribution in [1.82, 2.24) is 14.9 Å². The van der Waals surface area contributed by atoms with Crippen LogP contribution in [0.1, 0.15) is 50.3 Å². The Morgan fingerprint density at radius 2 is 2.03 bits per heavy atom. The standard InChI is InChI=1S/C24H25N3O2/c1-24(2)21(17-6-4-3-5-7-17)27(23(28)29-24)20-10-8-16(9-11-20)19-14-18-12-13-25-22(18)26-15-19/h3-8,12-15,20-21H,9-11H2,1-2H3,(H,25,26)/t20?,21-/m0/s1. The van der Waals surface area contributed by atoms with Crippen LogP contribution in [0.4, 0.5) is 4.79 Å². The zero-order valence-electron chi connectivity index (χ0n) is 16.8. The number of fused-ring (bicyclic) bond motifs is 1. The number of carbonyl (C=O) groups excluding carboxylic acids is 1. The van der Waals surface area contributed by atoms with Crippen molar-refractivity contribution in [2.45, 2.75) is 50.8 Å². The fourth-order valence-corrected chi connectivity index (χ4v) is 4.78. The Kier molecular flexibility index (Phi) is 4.19. The van der Waals surface area contributed by atoms with Crippen molar-refractivity contribution >= 4 is 22.7 Å². The summed E-state index contributed by atoms with van der Waals surface area (Å²) in [7, 11) is 0. The first-order valence-electron chi connectivity index (χ1n) is 10.2. The summed E-state index contributed by atoms with van der Waals surface area (Å²) in [6, 6.07) is 14.5. The van der Waals surface area contributed by atoms with Gasteiger partial charge >= 0.3 is 6.09 Å². The molecule has 1 saturated heterocycles. The maximum Gasteiger partial charge on any atom is 0.411 e. The summed E-state index contributed by atoms with van der Waals surface area (Å²) in [5.74, 6) is 0. The van der Waals surface area contributed by atoms with Crippen molar-refractivity contribution in [2.75, 3.05) is 0 Å². The first-order chi connectivity index (χ1) is 14.0. The molecule has 2 aliphatic rings. The molecule has 3 heterocycles. The number of rotatable bonds is 3. The predicted octanol–water partition coefficient (Wildman–Crippen LogP) is 5.47. The lowest BCUT2D eigenvalue weighted by Crippen LogP contribution is -2.41. The van der Waals surface area contributed by atoms with Gasteiger partial charge in [-0.1, -0.05) is 36.4 Å². The minimum absolute atomic E-state index is 0.0750. The molecule has 0 radical (unpaired) electrons. The van der Waals surface area contributed by atoms with E-state index < -0.39 is 5.60 Å². The van der Waals surface area contributed by atoms with Gasteiger partial charge in [-0.25, -0.2) is 9.78 Å². The summed E-state index contributed by atoms with van der Waals surface area (Å²) >= 11 is 0. The zero-order chi connectivity index (χ0) is 20.0. The van der Waals surface area contributed by atoms with Gasteiger partial charge < -0.3 is 9.72 Å². The van der Waals surface area contributed by atoms with E-state index in [2.05, 4.69) is 34.2 Å². The SMILES string of the molecule is CC1(C)OC(=O)N(C2CC=C(c3cnc4[nH]ccc4c3)CC2)[C@H]1c1ccccc1. The molecule has 0 spiro atoms. The lowest BCUT2D eigenvalue weighted by molar-refractivity contribution is 0.0668. The van der Waals surface area contributed by atoms with Gasteiger partial charge in [0, 0.05) is 23.8 Å². The Morgan fingerprint density at radius 1 is 1.21 bits per heavy atom. The smallest absolute Gasteiger partial charge is 0.411 e. The third-order valence-corrected chi connectivity index (χ3v) is 6.16. The number of aromatic amines is 1. The molecule has 1 fully saturated rings. The molecule has 2 aromatic heterocycles. The molecule has 1 N–H and O–H groups in total. The number of carbonyl (C=O) groups is 1. The van der Waals surface area contributed by atoms with Gasteiger partial charge in [-0.3, -0.25) is 4.90 Å². The maximum absolute atomic E-state index is 12.8. The molecule has 1 aliphatic heterocycles. The molecule has 1 aliphatic carbocycles. The average molecular weight is 387 g/mol. The summed E-state index contributed by atoms with van der Waals surface area (Å²) in [4.78, 5) is 22.4. The first-order valence-corrected chi connectivity index (χ1v) is 10.2. The number of cyclic esters (lactones) is 1. The van der Waals surface area contributed by atoms with Gasteiger partial charge in [-0.05, 0) is 61.9 Å². The highest BCUT2D eigenvalue weighted by Gasteiger charge is 2.50. The van der Waals surface area contributed by atoms with Gasteiger partial charge in [-0.15, -0.1) is 0 Å². The van der Waals surface area contributed by atoms with Gasteiger partial charge in [0.25, 0.3) is 0 Å². The quantitative estimate of drug-likeness (QED) is 0.648. The molecule has 3 aromatic rings. The lowest BCUT2D eigenvalue weighted by atomic mass is 9.86. The number of amides is 1. The van der Waals surface area contributed by atoms with E-state index in [-0.39, 0.29) is 18.2 Å². The minimum atomic E-state index is -0.550. The third kappa shape index (κ3) is 3.11. The van der Waals surface area contributed by atoms with Gasteiger partial charge in [-0.2, -0.15) is 0 Å². The van der Waals surface area contributed by atoms with E-state index in [1.54, 1.807) is 0 Å². The van der Waals surface area contributed by atoms with Crippen molar-refractivity contribution in [1.29, 1.82) is 0 Å². The van der Waals surface area contributed by atoms with Crippen LogP contribution in [0.2, 0.25) is 0 Å². The number of nitrogens with one attached hydrogen (secondary N) is 1. The number of allylic oxidation sites excluding steroid dienone is 1. The van der Waals surface area contributed by atoms with Crippen LogP contribution >= 0.6 is 0 Å². The van der Waals surface area contributed by atoms with Gasteiger partial charge in [0.2, 0.25) is 0 Å². The lowest BCUT2D eigenvalue weighted by Gasteiger charge is -2.36. The second kappa shape index (κ2) is 6.76. The normalized spacial score (nSPS) is 23.9. The first kappa shape index (κ1) is 18.0. The summed E-state index contributed by atoms with van der Waals surface area (Å²) in [6.07, 6.45) is 8.59. The van der Waals surface area contributed by atoms with Crippen LogP contribution in [0.15, 0.2) is 60.9 Å². The third-order valence-electron chi connectivity index (χ3n) is 6.16. The van der Waals surface area contributed by atoms with Crippen molar-refractivity contribution in [3.63, 3.8) is 0 Å². The number of hydrogen-bond acceptors (Lipinski definition) is 3. The van der Waals surface area contributed by atoms with Crippen molar-refractivity contribution in [2.24, 2.45) is 0 Å². The molecule has 2 atom stereocenters. The van der Waals surface area contributed by atoms with Crippen LogP contribution < -0.4 is 0 Å². The number of aromatic nitrogens is 2. The molecule has 148 valence electrons. The number of benzene rings is 1.